The number of nitrogens with zero attached hydrogens (tertiary/aromatic N) is 2. The molecule has 0 unspecified atom stereocenters. The second-order valence-electron chi connectivity index (χ2n) is 3.68. The molecule has 0 aromatic heterocycles. The summed E-state index contributed by atoms with van der Waals surface area (Å²) < 4.78 is 4.93. The van der Waals surface area contributed by atoms with Crippen LogP contribution in [0.4, 0.5) is 0 Å². The average Bonchev–Trinajstić information content (AvgIpc) is 2.37. The van der Waals surface area contributed by atoms with Gasteiger partial charge in [0.1, 0.15) is 12.1 Å². The Kier molecular flexibility index (Phi) is 4.71. The minimum Gasteiger partial charge on any atom is -0.429 e. The third kappa shape index (κ3) is 3.48. The quantitative estimate of drug-likeness (QED) is 0.782. The molecule has 0 saturated carbocycles. The molecule has 0 heterocycles. The van der Waals surface area contributed by atoms with Gasteiger partial charge in [-0.05, 0) is 17.7 Å². The van der Waals surface area contributed by atoms with Crippen LogP contribution in [0, 0.1) is 22.7 Å². The Bertz CT molecular complexity index is 515. The van der Waals surface area contributed by atoms with Crippen LogP contribution < -0.4 is 0 Å². The van der Waals surface area contributed by atoms with Crippen molar-refractivity contribution in [3.05, 3.63) is 34.9 Å². The highest BCUT2D eigenvalue weighted by molar-refractivity contribution is 6.30. The standard InChI is InChI=1S/C13H11ClN2O2/c1-2-12(17)18-13(8-15,9-16)7-10-4-3-5-11(14)6-10/h3-6H,2,7H2,1H3. The molecule has 4 nitrogen and oxygen atoms in total. The minimum atomic E-state index is -1.79. The molecule has 0 atom stereocenters. The smallest absolute Gasteiger partial charge is 0.307 e. The van der Waals surface area contributed by atoms with Crippen molar-refractivity contribution in [2.75, 3.05) is 0 Å². The van der Waals surface area contributed by atoms with Gasteiger partial charge in [-0.3, -0.25) is 4.79 Å². The summed E-state index contributed by atoms with van der Waals surface area (Å²) in [6.07, 6.45) is 0.104. The molecule has 1 rings (SSSR count). The summed E-state index contributed by atoms with van der Waals surface area (Å²) in [4.78, 5) is 11.3. The predicted octanol–water partition coefficient (Wildman–Crippen LogP) is 2.62. The largest absolute Gasteiger partial charge is 0.429 e. The van der Waals surface area contributed by atoms with Crippen LogP contribution in [0.15, 0.2) is 24.3 Å². The maximum absolute atomic E-state index is 11.3. The van der Waals surface area contributed by atoms with E-state index in [-0.39, 0.29) is 12.8 Å². The molecule has 0 aliphatic rings. The fraction of sp³-hybridized carbons (Fsp3) is 0.308. The Balaban J connectivity index is 2.97. The van der Waals surface area contributed by atoms with Crippen molar-refractivity contribution in [2.45, 2.75) is 25.4 Å². The van der Waals surface area contributed by atoms with E-state index in [0.29, 0.717) is 10.6 Å². The van der Waals surface area contributed by atoms with Crippen molar-refractivity contribution in [1.82, 2.24) is 0 Å². The molecular weight excluding hydrogens is 252 g/mol. The zero-order valence-corrected chi connectivity index (χ0v) is 10.6. The fourth-order valence-corrected chi connectivity index (χ4v) is 1.60. The lowest BCUT2D eigenvalue weighted by Gasteiger charge is -2.19. The van der Waals surface area contributed by atoms with E-state index in [4.69, 9.17) is 26.9 Å². The Morgan fingerprint density at radius 3 is 2.61 bits per heavy atom. The SMILES string of the molecule is CCC(=O)OC(C#N)(C#N)Cc1cccc(Cl)c1. The van der Waals surface area contributed by atoms with Gasteiger partial charge in [0, 0.05) is 17.9 Å². The van der Waals surface area contributed by atoms with Crippen LogP contribution in [-0.2, 0) is 16.0 Å². The number of carbonyl (C=O) groups is 1. The van der Waals surface area contributed by atoms with Gasteiger partial charge in [-0.1, -0.05) is 30.7 Å². The summed E-state index contributed by atoms with van der Waals surface area (Å²) in [7, 11) is 0. The first-order valence-corrected chi connectivity index (χ1v) is 5.72. The second kappa shape index (κ2) is 6.05. The van der Waals surface area contributed by atoms with Gasteiger partial charge in [-0.25, -0.2) is 0 Å². The van der Waals surface area contributed by atoms with Crippen molar-refractivity contribution in [1.29, 1.82) is 10.5 Å². The lowest BCUT2D eigenvalue weighted by atomic mass is 9.97. The van der Waals surface area contributed by atoms with E-state index in [2.05, 4.69) is 0 Å². The predicted molar refractivity (Wildman–Crippen MR) is 65.5 cm³/mol. The normalized spacial score (nSPS) is 10.2. The van der Waals surface area contributed by atoms with E-state index in [9.17, 15) is 4.79 Å². The molecule has 0 fully saturated rings. The number of hydrogen-bond acceptors (Lipinski definition) is 4. The molecule has 0 saturated heterocycles. The molecule has 1 aromatic carbocycles. The number of nitriles is 2. The first kappa shape index (κ1) is 14.0. The van der Waals surface area contributed by atoms with Crippen molar-refractivity contribution >= 4 is 17.6 Å². The Morgan fingerprint density at radius 1 is 1.44 bits per heavy atom. The van der Waals surface area contributed by atoms with Gasteiger partial charge in [-0.15, -0.1) is 0 Å². The van der Waals surface area contributed by atoms with Gasteiger partial charge >= 0.3 is 5.97 Å². The number of halogens is 1. The van der Waals surface area contributed by atoms with Gasteiger partial charge in [-0.2, -0.15) is 10.5 Å². The average molecular weight is 263 g/mol. The van der Waals surface area contributed by atoms with Gasteiger partial charge in [0.05, 0.1) is 0 Å². The van der Waals surface area contributed by atoms with Crippen LogP contribution in [0.3, 0.4) is 0 Å². The van der Waals surface area contributed by atoms with Crippen LogP contribution in [0.5, 0.6) is 0 Å². The summed E-state index contributed by atoms with van der Waals surface area (Å²) in [6, 6.07) is 10.2. The first-order valence-electron chi connectivity index (χ1n) is 5.34. The van der Waals surface area contributed by atoms with E-state index in [1.807, 2.05) is 0 Å². The number of carbonyl (C=O) groups excluding carboxylic acids is 1. The summed E-state index contributed by atoms with van der Waals surface area (Å²) in [6.45, 7) is 1.60. The van der Waals surface area contributed by atoms with Crippen molar-refractivity contribution in [3.8, 4) is 12.1 Å². The maximum atomic E-state index is 11.3. The molecule has 0 bridgehead atoms. The van der Waals surface area contributed by atoms with Crippen molar-refractivity contribution in [2.24, 2.45) is 0 Å². The molecular formula is C13H11ClN2O2. The molecule has 0 amide bonds. The Labute approximate surface area is 110 Å². The van der Waals surface area contributed by atoms with Gasteiger partial charge in [0.15, 0.2) is 0 Å². The monoisotopic (exact) mass is 262 g/mol. The minimum absolute atomic E-state index is 0.00764. The summed E-state index contributed by atoms with van der Waals surface area (Å²) in [5, 5.41) is 18.6. The number of rotatable bonds is 4. The molecule has 0 radical (unpaired) electrons. The fourth-order valence-electron chi connectivity index (χ4n) is 1.39. The second-order valence-corrected chi connectivity index (χ2v) is 4.12. The first-order chi connectivity index (χ1) is 8.55. The highest BCUT2D eigenvalue weighted by Gasteiger charge is 2.34. The lowest BCUT2D eigenvalue weighted by Crippen LogP contribution is -2.34. The van der Waals surface area contributed by atoms with Crippen LogP contribution in [0.2, 0.25) is 5.02 Å². The summed E-state index contributed by atoms with van der Waals surface area (Å²) >= 11 is 5.82. The Hall–Kier alpha value is -2.04. The molecule has 0 aliphatic heterocycles. The van der Waals surface area contributed by atoms with E-state index < -0.39 is 11.6 Å². The maximum Gasteiger partial charge on any atom is 0.307 e. The molecule has 0 aliphatic carbocycles. The van der Waals surface area contributed by atoms with E-state index >= 15 is 0 Å². The molecule has 5 heteroatoms. The third-order valence-electron chi connectivity index (χ3n) is 2.28. The number of esters is 1. The Morgan fingerprint density at radius 2 is 2.11 bits per heavy atom. The zero-order valence-electron chi connectivity index (χ0n) is 9.81. The summed E-state index contributed by atoms with van der Waals surface area (Å²) in [5.41, 5.74) is -1.13. The number of ether oxygens (including phenoxy) is 1. The van der Waals surface area contributed by atoms with Crippen LogP contribution in [0.25, 0.3) is 0 Å². The highest BCUT2D eigenvalue weighted by Crippen LogP contribution is 2.20. The number of benzene rings is 1. The topological polar surface area (TPSA) is 73.9 Å². The summed E-state index contributed by atoms with van der Waals surface area (Å²) in [5.74, 6) is -0.583. The highest BCUT2D eigenvalue weighted by atomic mass is 35.5. The van der Waals surface area contributed by atoms with Crippen molar-refractivity contribution in [3.63, 3.8) is 0 Å². The molecule has 1 aromatic rings. The van der Waals surface area contributed by atoms with E-state index in [0.717, 1.165) is 0 Å². The van der Waals surface area contributed by atoms with Gasteiger partial charge in [0.2, 0.25) is 0 Å². The van der Waals surface area contributed by atoms with Gasteiger partial charge in [0.25, 0.3) is 5.60 Å². The molecule has 0 N–H and O–H groups in total. The number of hydrogen-bond donors (Lipinski definition) is 0. The lowest BCUT2D eigenvalue weighted by molar-refractivity contribution is -0.150. The van der Waals surface area contributed by atoms with Crippen LogP contribution in [0.1, 0.15) is 18.9 Å². The zero-order chi connectivity index (χ0) is 13.6. The van der Waals surface area contributed by atoms with E-state index in [1.165, 1.54) is 0 Å². The van der Waals surface area contributed by atoms with Crippen molar-refractivity contribution < 1.29 is 9.53 Å². The molecule has 0 spiro atoms. The van der Waals surface area contributed by atoms with Gasteiger partial charge < -0.3 is 4.74 Å². The van der Waals surface area contributed by atoms with E-state index in [1.54, 1.807) is 43.3 Å². The van der Waals surface area contributed by atoms with Crippen LogP contribution >= 0.6 is 11.6 Å². The van der Waals surface area contributed by atoms with Crippen LogP contribution in [-0.4, -0.2) is 11.6 Å². The third-order valence-corrected chi connectivity index (χ3v) is 2.52. The molecule has 18 heavy (non-hydrogen) atoms. The molecule has 92 valence electrons.